The van der Waals surface area contributed by atoms with Crippen LogP contribution >= 0.6 is 23.6 Å². The van der Waals surface area contributed by atoms with Gasteiger partial charge in [0.05, 0.1) is 4.88 Å². The number of H-pyrrole nitrogens is 1. The lowest BCUT2D eigenvalue weighted by atomic mass is 10.1. The molecule has 0 aliphatic heterocycles. The third kappa shape index (κ3) is 2.59. The molecule has 3 aromatic rings. The molecule has 0 spiro atoms. The van der Waals surface area contributed by atoms with Gasteiger partial charge in [-0.05, 0) is 48.1 Å². The van der Waals surface area contributed by atoms with Gasteiger partial charge in [0, 0.05) is 6.54 Å². The predicted octanol–water partition coefficient (Wildman–Crippen LogP) is 4.22. The first-order valence-electron chi connectivity index (χ1n) is 6.49. The maximum absolute atomic E-state index is 5.34. The average molecular weight is 301 g/mol. The second kappa shape index (κ2) is 5.73. The van der Waals surface area contributed by atoms with Crippen LogP contribution in [0, 0.1) is 11.7 Å². The summed E-state index contributed by atoms with van der Waals surface area (Å²) in [4.78, 5) is 1.14. The second-order valence-electron chi connectivity index (χ2n) is 4.66. The van der Waals surface area contributed by atoms with Gasteiger partial charge in [-0.25, -0.2) is 0 Å². The molecule has 0 aliphatic rings. The van der Waals surface area contributed by atoms with Crippen LogP contribution in [0.25, 0.3) is 10.7 Å². The van der Waals surface area contributed by atoms with E-state index in [-0.39, 0.29) is 0 Å². The Hall–Kier alpha value is -1.72. The number of rotatable bonds is 4. The van der Waals surface area contributed by atoms with E-state index in [0.717, 1.165) is 23.7 Å². The Balaban J connectivity index is 1.87. The number of aryl methyl sites for hydroxylation is 2. The quantitative estimate of drug-likeness (QED) is 0.732. The van der Waals surface area contributed by atoms with Crippen LogP contribution in [0.1, 0.15) is 11.1 Å². The van der Waals surface area contributed by atoms with E-state index in [0.29, 0.717) is 4.77 Å². The van der Waals surface area contributed by atoms with Crippen molar-refractivity contribution in [3.8, 4) is 10.7 Å². The Labute approximate surface area is 126 Å². The summed E-state index contributed by atoms with van der Waals surface area (Å²) in [6.07, 6.45) is 0.957. The van der Waals surface area contributed by atoms with Crippen molar-refractivity contribution in [1.82, 2.24) is 14.8 Å². The largest absolute Gasteiger partial charge is 0.299 e. The Morgan fingerprint density at radius 3 is 2.85 bits per heavy atom. The highest BCUT2D eigenvalue weighted by Gasteiger charge is 2.09. The maximum Gasteiger partial charge on any atom is 0.195 e. The van der Waals surface area contributed by atoms with Crippen LogP contribution < -0.4 is 0 Å². The first-order chi connectivity index (χ1) is 9.75. The summed E-state index contributed by atoms with van der Waals surface area (Å²) >= 11 is 7.02. The smallest absolute Gasteiger partial charge is 0.195 e. The third-order valence-corrected chi connectivity index (χ3v) is 4.54. The maximum atomic E-state index is 5.34. The van der Waals surface area contributed by atoms with E-state index in [1.54, 1.807) is 11.3 Å². The standard InChI is InChI=1S/C15H15N3S2/c1-11-5-2-3-6-12(11)8-9-18-14(16-17-15(18)19)13-7-4-10-20-13/h2-7,10H,8-9H2,1H3,(H,17,19). The van der Waals surface area contributed by atoms with Crippen molar-refractivity contribution in [3.63, 3.8) is 0 Å². The summed E-state index contributed by atoms with van der Waals surface area (Å²) in [6, 6.07) is 12.6. The van der Waals surface area contributed by atoms with Gasteiger partial charge in [0.25, 0.3) is 0 Å². The molecule has 0 aliphatic carbocycles. The Morgan fingerprint density at radius 2 is 2.10 bits per heavy atom. The molecule has 3 nitrogen and oxygen atoms in total. The number of thiophene rings is 1. The average Bonchev–Trinajstić information content (AvgIpc) is 3.08. The van der Waals surface area contributed by atoms with Crippen LogP contribution in [-0.4, -0.2) is 14.8 Å². The molecule has 5 heteroatoms. The number of hydrogen-bond donors (Lipinski definition) is 1. The summed E-state index contributed by atoms with van der Waals surface area (Å²) in [5.74, 6) is 0.929. The van der Waals surface area contributed by atoms with E-state index < -0.39 is 0 Å². The summed E-state index contributed by atoms with van der Waals surface area (Å²) in [5.41, 5.74) is 2.67. The SMILES string of the molecule is Cc1ccccc1CCn1c(-c2cccs2)n[nH]c1=S. The van der Waals surface area contributed by atoms with Gasteiger partial charge < -0.3 is 0 Å². The van der Waals surface area contributed by atoms with Crippen LogP contribution in [0.15, 0.2) is 41.8 Å². The van der Waals surface area contributed by atoms with Crippen LogP contribution in [0.3, 0.4) is 0 Å². The second-order valence-corrected chi connectivity index (χ2v) is 5.99. The first-order valence-corrected chi connectivity index (χ1v) is 7.78. The molecule has 0 saturated carbocycles. The summed E-state index contributed by atoms with van der Waals surface area (Å²) in [7, 11) is 0. The van der Waals surface area contributed by atoms with Crippen molar-refractivity contribution in [2.75, 3.05) is 0 Å². The fraction of sp³-hybridized carbons (Fsp3) is 0.200. The number of benzene rings is 1. The van der Waals surface area contributed by atoms with Gasteiger partial charge >= 0.3 is 0 Å². The third-order valence-electron chi connectivity index (χ3n) is 3.37. The Bertz CT molecular complexity index is 754. The van der Waals surface area contributed by atoms with Gasteiger partial charge in [0.15, 0.2) is 10.6 Å². The van der Waals surface area contributed by atoms with Crippen molar-refractivity contribution < 1.29 is 0 Å². The van der Waals surface area contributed by atoms with E-state index in [2.05, 4.69) is 57.4 Å². The number of aromatic amines is 1. The molecule has 1 aromatic carbocycles. The van der Waals surface area contributed by atoms with E-state index in [1.165, 1.54) is 11.1 Å². The van der Waals surface area contributed by atoms with Crippen LogP contribution in [-0.2, 0) is 13.0 Å². The van der Waals surface area contributed by atoms with Crippen molar-refractivity contribution in [2.24, 2.45) is 0 Å². The monoisotopic (exact) mass is 301 g/mol. The first kappa shape index (κ1) is 13.3. The topological polar surface area (TPSA) is 33.6 Å². The Morgan fingerprint density at radius 1 is 1.25 bits per heavy atom. The number of hydrogen-bond acceptors (Lipinski definition) is 3. The zero-order valence-electron chi connectivity index (χ0n) is 11.2. The molecule has 3 rings (SSSR count). The molecule has 20 heavy (non-hydrogen) atoms. The highest BCUT2D eigenvalue weighted by Crippen LogP contribution is 2.23. The zero-order chi connectivity index (χ0) is 13.9. The summed E-state index contributed by atoms with van der Waals surface area (Å²) in [5, 5.41) is 9.30. The number of nitrogens with zero attached hydrogens (tertiary/aromatic N) is 2. The zero-order valence-corrected chi connectivity index (χ0v) is 12.8. The highest BCUT2D eigenvalue weighted by molar-refractivity contribution is 7.71. The molecule has 0 fully saturated rings. The molecular weight excluding hydrogens is 286 g/mol. The van der Waals surface area contributed by atoms with Crippen molar-refractivity contribution in [2.45, 2.75) is 19.9 Å². The molecule has 1 N–H and O–H groups in total. The predicted molar refractivity (Wildman–Crippen MR) is 85.6 cm³/mol. The fourth-order valence-electron chi connectivity index (χ4n) is 2.24. The van der Waals surface area contributed by atoms with Gasteiger partial charge in [-0.2, -0.15) is 5.10 Å². The molecule has 0 radical (unpaired) electrons. The van der Waals surface area contributed by atoms with Crippen LogP contribution in [0.5, 0.6) is 0 Å². The Kier molecular flexibility index (Phi) is 3.80. The summed E-state index contributed by atoms with van der Waals surface area (Å²) in [6.45, 7) is 2.98. The van der Waals surface area contributed by atoms with Gasteiger partial charge in [-0.1, -0.05) is 30.3 Å². The molecule has 0 bridgehead atoms. The summed E-state index contributed by atoms with van der Waals surface area (Å²) < 4.78 is 2.76. The van der Waals surface area contributed by atoms with E-state index in [9.17, 15) is 0 Å². The minimum atomic E-state index is 0.682. The van der Waals surface area contributed by atoms with E-state index in [1.807, 2.05) is 6.07 Å². The minimum absolute atomic E-state index is 0.682. The lowest BCUT2D eigenvalue weighted by Gasteiger charge is -2.08. The highest BCUT2D eigenvalue weighted by atomic mass is 32.1. The molecule has 0 saturated heterocycles. The van der Waals surface area contributed by atoms with E-state index >= 15 is 0 Å². The van der Waals surface area contributed by atoms with Crippen LogP contribution in [0.2, 0.25) is 0 Å². The van der Waals surface area contributed by atoms with Crippen molar-refractivity contribution in [1.29, 1.82) is 0 Å². The van der Waals surface area contributed by atoms with Crippen LogP contribution in [0.4, 0.5) is 0 Å². The van der Waals surface area contributed by atoms with Gasteiger partial charge in [0.2, 0.25) is 0 Å². The molecule has 0 atom stereocenters. The fourth-order valence-corrected chi connectivity index (χ4v) is 3.19. The molecular formula is C15H15N3S2. The van der Waals surface area contributed by atoms with E-state index in [4.69, 9.17) is 12.2 Å². The van der Waals surface area contributed by atoms with Crippen molar-refractivity contribution >= 4 is 23.6 Å². The molecule has 0 amide bonds. The molecule has 2 heterocycles. The number of nitrogens with one attached hydrogen (secondary N) is 1. The molecule has 0 unspecified atom stereocenters. The van der Waals surface area contributed by atoms with Crippen molar-refractivity contribution in [3.05, 3.63) is 57.7 Å². The lowest BCUT2D eigenvalue weighted by molar-refractivity contribution is 0.690. The lowest BCUT2D eigenvalue weighted by Crippen LogP contribution is -2.04. The minimum Gasteiger partial charge on any atom is -0.299 e. The molecule has 2 aromatic heterocycles. The van der Waals surface area contributed by atoms with Gasteiger partial charge in [-0.15, -0.1) is 11.3 Å². The number of aromatic nitrogens is 3. The van der Waals surface area contributed by atoms with Gasteiger partial charge in [-0.3, -0.25) is 9.67 Å². The van der Waals surface area contributed by atoms with Gasteiger partial charge in [0.1, 0.15) is 0 Å². The normalized spacial score (nSPS) is 10.8. The molecule has 102 valence electrons.